The monoisotopic (exact) mass is 271 g/mol. The molecule has 7 heteroatoms. The summed E-state index contributed by atoms with van der Waals surface area (Å²) in [5, 5.41) is 14.7. The molecule has 108 valence electrons. The molecule has 2 amide bonds. The number of carboxylic acid groups (broad SMARTS) is 1. The van der Waals surface area contributed by atoms with Crippen LogP contribution in [0.4, 0.5) is 0 Å². The predicted molar refractivity (Wildman–Crippen MR) is 68.2 cm³/mol. The van der Waals surface area contributed by atoms with Crippen LogP contribution in [0.2, 0.25) is 0 Å². The zero-order valence-electron chi connectivity index (χ0n) is 11.1. The molecule has 1 rings (SSSR count). The number of primary amides is 1. The Labute approximate surface area is 111 Å². The highest BCUT2D eigenvalue weighted by Crippen LogP contribution is 2.25. The van der Waals surface area contributed by atoms with Crippen molar-refractivity contribution >= 4 is 17.8 Å². The molecule has 1 aliphatic heterocycles. The van der Waals surface area contributed by atoms with Gasteiger partial charge in [-0.05, 0) is 32.7 Å². The van der Waals surface area contributed by atoms with Crippen molar-refractivity contribution in [3.63, 3.8) is 0 Å². The van der Waals surface area contributed by atoms with Crippen LogP contribution in [0.25, 0.3) is 0 Å². The van der Waals surface area contributed by atoms with Gasteiger partial charge in [0.15, 0.2) is 0 Å². The van der Waals surface area contributed by atoms with Gasteiger partial charge < -0.3 is 21.5 Å². The molecule has 0 bridgehead atoms. The van der Waals surface area contributed by atoms with Gasteiger partial charge in [0.25, 0.3) is 0 Å². The number of hydrogen-bond acceptors (Lipinski definition) is 4. The molecule has 0 aliphatic carbocycles. The van der Waals surface area contributed by atoms with Crippen LogP contribution in [-0.4, -0.2) is 42.0 Å². The maximum absolute atomic E-state index is 12.1. The Bertz CT molecular complexity index is 364. The van der Waals surface area contributed by atoms with Crippen molar-refractivity contribution in [1.29, 1.82) is 0 Å². The van der Waals surface area contributed by atoms with Crippen LogP contribution in [0.1, 0.15) is 32.6 Å². The van der Waals surface area contributed by atoms with Gasteiger partial charge in [-0.15, -0.1) is 0 Å². The van der Waals surface area contributed by atoms with Crippen LogP contribution < -0.4 is 16.4 Å². The Hall–Kier alpha value is -1.63. The van der Waals surface area contributed by atoms with Gasteiger partial charge in [0.2, 0.25) is 11.8 Å². The minimum Gasteiger partial charge on any atom is -0.480 e. The minimum absolute atomic E-state index is 0.0138. The molecule has 0 radical (unpaired) electrons. The fourth-order valence-electron chi connectivity index (χ4n) is 2.13. The zero-order chi connectivity index (χ0) is 14.5. The lowest BCUT2D eigenvalue weighted by molar-refractivity contribution is -0.144. The first-order chi connectivity index (χ1) is 8.85. The Morgan fingerprint density at radius 1 is 1.47 bits per heavy atom. The molecular weight excluding hydrogens is 250 g/mol. The first kappa shape index (κ1) is 15.4. The van der Waals surface area contributed by atoms with Crippen molar-refractivity contribution in [2.45, 2.75) is 38.6 Å². The molecule has 0 spiro atoms. The molecule has 1 aliphatic rings. The Morgan fingerprint density at radius 3 is 2.63 bits per heavy atom. The number of aliphatic carboxylic acids is 1. The summed E-state index contributed by atoms with van der Waals surface area (Å²) in [5.74, 6) is -2.02. The van der Waals surface area contributed by atoms with Crippen molar-refractivity contribution in [1.82, 2.24) is 10.6 Å². The first-order valence-electron chi connectivity index (χ1n) is 6.38. The van der Waals surface area contributed by atoms with Crippen LogP contribution in [0.3, 0.4) is 0 Å². The van der Waals surface area contributed by atoms with Crippen LogP contribution in [0.5, 0.6) is 0 Å². The van der Waals surface area contributed by atoms with E-state index in [4.69, 9.17) is 10.8 Å². The molecule has 1 saturated heterocycles. The van der Waals surface area contributed by atoms with Crippen molar-refractivity contribution in [2.24, 2.45) is 11.1 Å². The smallest absolute Gasteiger partial charge is 0.326 e. The number of carboxylic acids is 1. The third kappa shape index (κ3) is 4.51. The molecule has 0 aromatic heterocycles. The van der Waals surface area contributed by atoms with Crippen LogP contribution in [0, 0.1) is 5.41 Å². The minimum atomic E-state index is -1.15. The number of carbonyl (C=O) groups excluding carboxylic acids is 2. The molecule has 0 saturated carbocycles. The second kappa shape index (κ2) is 6.51. The van der Waals surface area contributed by atoms with Crippen molar-refractivity contribution in [2.75, 3.05) is 13.1 Å². The third-order valence-corrected chi connectivity index (χ3v) is 3.43. The molecule has 1 fully saturated rings. The Kier molecular flexibility index (Phi) is 5.29. The van der Waals surface area contributed by atoms with Crippen molar-refractivity contribution < 1.29 is 19.5 Å². The summed E-state index contributed by atoms with van der Waals surface area (Å²) >= 11 is 0. The van der Waals surface area contributed by atoms with E-state index in [-0.39, 0.29) is 18.7 Å². The van der Waals surface area contributed by atoms with Gasteiger partial charge in [-0.2, -0.15) is 0 Å². The topological polar surface area (TPSA) is 122 Å². The standard InChI is InChI=1S/C12H21N3O4/c1-12(5-2-6-14-7-12)11(19)15-8(10(17)18)3-4-9(13)16/h8,14H,2-7H2,1H3,(H2,13,16)(H,15,19)(H,17,18). The summed E-state index contributed by atoms with van der Waals surface area (Å²) in [6.45, 7) is 3.20. The number of piperidine rings is 1. The SMILES string of the molecule is CC1(C(=O)NC(CCC(N)=O)C(=O)O)CCCNC1. The second-order valence-electron chi connectivity index (χ2n) is 5.21. The van der Waals surface area contributed by atoms with Gasteiger partial charge >= 0.3 is 5.97 Å². The normalized spacial score (nSPS) is 24.5. The van der Waals surface area contributed by atoms with Gasteiger partial charge in [0, 0.05) is 13.0 Å². The number of hydrogen-bond donors (Lipinski definition) is 4. The highest BCUT2D eigenvalue weighted by molar-refractivity contribution is 5.87. The van der Waals surface area contributed by atoms with Crippen LogP contribution >= 0.6 is 0 Å². The summed E-state index contributed by atoms with van der Waals surface area (Å²) in [6, 6.07) is -1.07. The van der Waals surface area contributed by atoms with Gasteiger partial charge in [-0.3, -0.25) is 9.59 Å². The van der Waals surface area contributed by atoms with E-state index >= 15 is 0 Å². The molecule has 5 N–H and O–H groups in total. The molecule has 0 aromatic carbocycles. The Balaban J connectivity index is 2.59. The van der Waals surface area contributed by atoms with E-state index in [1.54, 1.807) is 0 Å². The maximum Gasteiger partial charge on any atom is 0.326 e. The van der Waals surface area contributed by atoms with Gasteiger partial charge in [-0.1, -0.05) is 0 Å². The first-order valence-corrected chi connectivity index (χ1v) is 6.38. The third-order valence-electron chi connectivity index (χ3n) is 3.43. The van der Waals surface area contributed by atoms with Crippen molar-refractivity contribution in [3.8, 4) is 0 Å². The fraction of sp³-hybridized carbons (Fsp3) is 0.750. The lowest BCUT2D eigenvalue weighted by atomic mass is 9.81. The molecule has 19 heavy (non-hydrogen) atoms. The van der Waals surface area contributed by atoms with Crippen molar-refractivity contribution in [3.05, 3.63) is 0 Å². The maximum atomic E-state index is 12.1. The van der Waals surface area contributed by atoms with E-state index in [1.807, 2.05) is 6.92 Å². The average molecular weight is 271 g/mol. The molecule has 1 heterocycles. The summed E-state index contributed by atoms with van der Waals surface area (Å²) in [6.07, 6.45) is 1.54. The van der Waals surface area contributed by atoms with E-state index in [2.05, 4.69) is 10.6 Å². The number of rotatable bonds is 6. The fourth-order valence-corrected chi connectivity index (χ4v) is 2.13. The summed E-state index contributed by atoms with van der Waals surface area (Å²) in [4.78, 5) is 33.9. The lowest BCUT2D eigenvalue weighted by Crippen LogP contribution is -2.53. The number of nitrogens with two attached hydrogens (primary N) is 1. The highest BCUT2D eigenvalue weighted by Gasteiger charge is 2.36. The number of amides is 2. The summed E-state index contributed by atoms with van der Waals surface area (Å²) < 4.78 is 0. The number of nitrogens with one attached hydrogen (secondary N) is 2. The second-order valence-corrected chi connectivity index (χ2v) is 5.21. The number of carbonyl (C=O) groups is 3. The van der Waals surface area contributed by atoms with E-state index in [1.165, 1.54) is 0 Å². The van der Waals surface area contributed by atoms with Gasteiger partial charge in [0.1, 0.15) is 6.04 Å². The Morgan fingerprint density at radius 2 is 2.16 bits per heavy atom. The van der Waals surface area contributed by atoms with E-state index in [0.29, 0.717) is 13.0 Å². The molecule has 7 nitrogen and oxygen atoms in total. The summed E-state index contributed by atoms with van der Waals surface area (Å²) in [5.41, 5.74) is 4.39. The molecule has 2 atom stereocenters. The quantitative estimate of drug-likeness (QED) is 0.504. The lowest BCUT2D eigenvalue weighted by Gasteiger charge is -2.33. The van der Waals surface area contributed by atoms with E-state index in [0.717, 1.165) is 13.0 Å². The van der Waals surface area contributed by atoms with E-state index in [9.17, 15) is 14.4 Å². The van der Waals surface area contributed by atoms with Crippen LogP contribution in [0.15, 0.2) is 0 Å². The summed E-state index contributed by atoms with van der Waals surface area (Å²) in [7, 11) is 0. The molecule has 2 unspecified atom stereocenters. The highest BCUT2D eigenvalue weighted by atomic mass is 16.4. The van der Waals surface area contributed by atoms with E-state index < -0.39 is 23.3 Å². The van der Waals surface area contributed by atoms with Gasteiger partial charge in [0.05, 0.1) is 5.41 Å². The van der Waals surface area contributed by atoms with Crippen LogP contribution in [-0.2, 0) is 14.4 Å². The largest absolute Gasteiger partial charge is 0.480 e. The average Bonchev–Trinajstić information content (AvgIpc) is 2.34. The zero-order valence-corrected chi connectivity index (χ0v) is 11.1. The molecular formula is C12H21N3O4. The predicted octanol–water partition coefficient (Wildman–Crippen LogP) is -0.789. The molecule has 0 aromatic rings. The van der Waals surface area contributed by atoms with Gasteiger partial charge in [-0.25, -0.2) is 4.79 Å².